The zero-order valence-electron chi connectivity index (χ0n) is 8.71. The molecule has 1 aliphatic heterocycles. The molecule has 6 heteroatoms. The van der Waals surface area contributed by atoms with Gasteiger partial charge in [0.25, 0.3) is 0 Å². The summed E-state index contributed by atoms with van der Waals surface area (Å²) in [6.07, 6.45) is 1.10. The van der Waals surface area contributed by atoms with Gasteiger partial charge in [0.05, 0.1) is 12.2 Å². The van der Waals surface area contributed by atoms with Crippen molar-refractivity contribution in [2.75, 3.05) is 19.6 Å². The van der Waals surface area contributed by atoms with E-state index in [2.05, 4.69) is 5.16 Å². The Morgan fingerprint density at radius 1 is 1.27 bits per heavy atom. The second-order valence-corrected chi connectivity index (χ2v) is 3.94. The van der Waals surface area contributed by atoms with Crippen LogP contribution >= 0.6 is 0 Å². The molecule has 0 spiro atoms. The first-order valence-electron chi connectivity index (χ1n) is 5.18. The summed E-state index contributed by atoms with van der Waals surface area (Å²) in [5.74, 6) is 0.247. The third kappa shape index (κ3) is 4.03. The molecule has 88 valence electrons. The normalized spacial score (nSPS) is 28.5. The molecule has 1 saturated heterocycles. The number of hydrogen-bond donors (Lipinski definition) is 4. The summed E-state index contributed by atoms with van der Waals surface area (Å²) in [6.45, 7) is 1.89. The van der Waals surface area contributed by atoms with E-state index in [0.29, 0.717) is 19.5 Å². The highest BCUT2D eigenvalue weighted by molar-refractivity contribution is 5.79. The van der Waals surface area contributed by atoms with Crippen LogP contribution in [0.1, 0.15) is 19.3 Å². The van der Waals surface area contributed by atoms with Crippen molar-refractivity contribution in [1.82, 2.24) is 4.90 Å². The van der Waals surface area contributed by atoms with Crippen LogP contribution in [0.3, 0.4) is 0 Å². The van der Waals surface area contributed by atoms with Crippen LogP contribution in [0.5, 0.6) is 0 Å². The molecule has 0 bridgehead atoms. The fourth-order valence-corrected chi connectivity index (χ4v) is 1.72. The molecule has 0 amide bonds. The van der Waals surface area contributed by atoms with Crippen molar-refractivity contribution in [3.8, 4) is 0 Å². The molecule has 2 atom stereocenters. The minimum Gasteiger partial charge on any atom is -0.409 e. The Labute approximate surface area is 89.0 Å². The number of rotatable bonds is 5. The molecule has 0 radical (unpaired) electrons. The van der Waals surface area contributed by atoms with Crippen molar-refractivity contribution >= 4 is 5.84 Å². The third-order valence-corrected chi connectivity index (χ3v) is 2.62. The van der Waals surface area contributed by atoms with Gasteiger partial charge in [-0.05, 0) is 19.4 Å². The van der Waals surface area contributed by atoms with E-state index in [0.717, 1.165) is 19.4 Å². The Morgan fingerprint density at radius 3 is 2.40 bits per heavy atom. The minimum atomic E-state index is -0.617. The summed E-state index contributed by atoms with van der Waals surface area (Å²) < 4.78 is 0. The molecule has 0 aromatic rings. The van der Waals surface area contributed by atoms with Gasteiger partial charge in [-0.2, -0.15) is 0 Å². The minimum absolute atomic E-state index is 0.247. The SMILES string of the molecule is NC(CCCCN1CC(O)C(O)C1)=NO. The second-order valence-electron chi connectivity index (χ2n) is 3.94. The number of nitrogens with zero attached hydrogens (tertiary/aromatic N) is 2. The van der Waals surface area contributed by atoms with Gasteiger partial charge in [0.1, 0.15) is 5.84 Å². The molecule has 0 aromatic carbocycles. The van der Waals surface area contributed by atoms with Gasteiger partial charge in [-0.1, -0.05) is 5.16 Å². The van der Waals surface area contributed by atoms with Crippen molar-refractivity contribution in [2.45, 2.75) is 31.5 Å². The van der Waals surface area contributed by atoms with E-state index < -0.39 is 12.2 Å². The lowest BCUT2D eigenvalue weighted by Crippen LogP contribution is -2.23. The van der Waals surface area contributed by atoms with E-state index in [1.165, 1.54) is 0 Å². The molecular formula is C9H19N3O3. The maximum absolute atomic E-state index is 9.29. The monoisotopic (exact) mass is 217 g/mol. The fourth-order valence-electron chi connectivity index (χ4n) is 1.72. The van der Waals surface area contributed by atoms with Crippen LogP contribution in [-0.2, 0) is 0 Å². The topological polar surface area (TPSA) is 102 Å². The molecule has 6 nitrogen and oxygen atoms in total. The van der Waals surface area contributed by atoms with Gasteiger partial charge in [0.2, 0.25) is 0 Å². The summed E-state index contributed by atoms with van der Waals surface area (Å²) in [7, 11) is 0. The van der Waals surface area contributed by atoms with Crippen LogP contribution in [0.15, 0.2) is 5.16 Å². The number of aliphatic hydroxyl groups is 2. The standard InChI is InChI=1S/C9H19N3O3/c10-9(11-15)3-1-2-4-12-5-7(13)8(14)6-12/h7-8,13-15H,1-6H2,(H2,10,11). The number of amidine groups is 1. The van der Waals surface area contributed by atoms with Crippen molar-refractivity contribution in [1.29, 1.82) is 0 Å². The highest BCUT2D eigenvalue weighted by Gasteiger charge is 2.28. The van der Waals surface area contributed by atoms with Gasteiger partial charge in [-0.15, -0.1) is 0 Å². The van der Waals surface area contributed by atoms with E-state index in [-0.39, 0.29) is 5.84 Å². The van der Waals surface area contributed by atoms with Crippen molar-refractivity contribution < 1.29 is 15.4 Å². The molecule has 0 aliphatic carbocycles. The van der Waals surface area contributed by atoms with Crippen LogP contribution in [-0.4, -0.2) is 58.0 Å². The molecule has 1 rings (SSSR count). The zero-order valence-corrected chi connectivity index (χ0v) is 8.71. The number of aliphatic hydroxyl groups excluding tert-OH is 2. The van der Waals surface area contributed by atoms with E-state index >= 15 is 0 Å². The smallest absolute Gasteiger partial charge is 0.139 e. The lowest BCUT2D eigenvalue weighted by Gasteiger charge is -2.13. The van der Waals surface area contributed by atoms with E-state index in [1.54, 1.807) is 0 Å². The fraction of sp³-hybridized carbons (Fsp3) is 0.889. The largest absolute Gasteiger partial charge is 0.409 e. The van der Waals surface area contributed by atoms with Crippen LogP contribution in [0.4, 0.5) is 0 Å². The molecule has 1 fully saturated rings. The highest BCUT2D eigenvalue weighted by atomic mass is 16.4. The zero-order chi connectivity index (χ0) is 11.3. The van der Waals surface area contributed by atoms with Gasteiger partial charge in [-0.3, -0.25) is 4.90 Å². The molecule has 15 heavy (non-hydrogen) atoms. The first-order valence-corrected chi connectivity index (χ1v) is 5.18. The highest BCUT2D eigenvalue weighted by Crippen LogP contribution is 2.10. The molecule has 2 unspecified atom stereocenters. The molecule has 0 saturated carbocycles. The summed E-state index contributed by atoms with van der Waals surface area (Å²) in [6, 6.07) is 0. The van der Waals surface area contributed by atoms with E-state index in [4.69, 9.17) is 10.9 Å². The van der Waals surface area contributed by atoms with Crippen molar-refractivity contribution in [2.24, 2.45) is 10.9 Å². The van der Waals surface area contributed by atoms with Crippen molar-refractivity contribution in [3.05, 3.63) is 0 Å². The predicted octanol–water partition coefficient (Wildman–Crippen LogP) is -1.06. The Morgan fingerprint density at radius 2 is 1.87 bits per heavy atom. The molecule has 0 aromatic heterocycles. The first-order chi connectivity index (χ1) is 7.13. The van der Waals surface area contributed by atoms with Crippen LogP contribution in [0.2, 0.25) is 0 Å². The Kier molecular flexibility index (Phi) is 4.80. The average molecular weight is 217 g/mol. The Hall–Kier alpha value is -0.850. The number of oxime groups is 1. The number of hydrogen-bond acceptors (Lipinski definition) is 5. The summed E-state index contributed by atoms with van der Waals surface area (Å²) in [4.78, 5) is 2.02. The second kappa shape index (κ2) is 5.89. The Bertz CT molecular complexity index is 213. The van der Waals surface area contributed by atoms with Gasteiger partial charge >= 0.3 is 0 Å². The van der Waals surface area contributed by atoms with Gasteiger partial charge in [0.15, 0.2) is 0 Å². The van der Waals surface area contributed by atoms with Crippen LogP contribution < -0.4 is 5.73 Å². The number of likely N-dealkylation sites (tertiary alicyclic amines) is 1. The third-order valence-electron chi connectivity index (χ3n) is 2.62. The first kappa shape index (κ1) is 12.2. The summed E-state index contributed by atoms with van der Waals surface area (Å²) in [5.41, 5.74) is 5.32. The van der Waals surface area contributed by atoms with E-state index in [1.807, 2.05) is 4.90 Å². The quantitative estimate of drug-likeness (QED) is 0.155. The van der Waals surface area contributed by atoms with Crippen molar-refractivity contribution in [3.63, 3.8) is 0 Å². The molecular weight excluding hydrogens is 198 g/mol. The molecule has 1 heterocycles. The summed E-state index contributed by atoms with van der Waals surface area (Å²) in [5, 5.41) is 29.8. The Balaban J connectivity index is 2.06. The van der Waals surface area contributed by atoms with Gasteiger partial charge < -0.3 is 21.2 Å². The number of β-amino-alcohol motifs (C(OH)–C–C–N with tert-alkyl or cyclic N) is 2. The maximum Gasteiger partial charge on any atom is 0.139 e. The lowest BCUT2D eigenvalue weighted by atomic mass is 10.2. The van der Waals surface area contributed by atoms with Gasteiger partial charge in [-0.25, -0.2) is 0 Å². The predicted molar refractivity (Wildman–Crippen MR) is 55.7 cm³/mol. The maximum atomic E-state index is 9.29. The average Bonchev–Trinajstić information content (AvgIpc) is 2.53. The number of nitrogens with two attached hydrogens (primary N) is 1. The molecule has 5 N–H and O–H groups in total. The van der Waals surface area contributed by atoms with Crippen LogP contribution in [0.25, 0.3) is 0 Å². The molecule has 1 aliphatic rings. The number of unbranched alkanes of at least 4 members (excludes halogenated alkanes) is 1. The summed E-state index contributed by atoms with van der Waals surface area (Å²) >= 11 is 0. The van der Waals surface area contributed by atoms with Gasteiger partial charge in [0, 0.05) is 19.5 Å². The lowest BCUT2D eigenvalue weighted by molar-refractivity contribution is 0.0572. The van der Waals surface area contributed by atoms with Crippen LogP contribution in [0, 0.1) is 0 Å². The van der Waals surface area contributed by atoms with E-state index in [9.17, 15) is 10.2 Å².